The molecule has 0 spiro atoms. The van der Waals surface area contributed by atoms with Crippen molar-refractivity contribution < 1.29 is 4.39 Å². The fraction of sp³-hybridized carbons (Fsp3) is 0.357. The zero-order valence-corrected chi connectivity index (χ0v) is 11.2. The smallest absolute Gasteiger partial charge is 0.146 e. The average molecular weight is 262 g/mol. The number of nitrogens with one attached hydrogen (secondary N) is 1. The Hall–Kier alpha value is -1.88. The fourth-order valence-corrected chi connectivity index (χ4v) is 2.04. The van der Waals surface area contributed by atoms with E-state index in [1.165, 1.54) is 6.07 Å². The molecule has 2 aromatic rings. The Labute approximate surface area is 112 Å². The lowest BCUT2D eigenvalue weighted by molar-refractivity contribution is 0.551. The highest BCUT2D eigenvalue weighted by Crippen LogP contribution is 2.22. The molecule has 1 aromatic heterocycles. The van der Waals surface area contributed by atoms with E-state index in [0.29, 0.717) is 12.2 Å². The van der Waals surface area contributed by atoms with Crippen LogP contribution in [0.3, 0.4) is 0 Å². The molecule has 2 rings (SSSR count). The van der Waals surface area contributed by atoms with E-state index in [9.17, 15) is 4.39 Å². The number of aromatic nitrogens is 2. The maximum atomic E-state index is 13.7. The van der Waals surface area contributed by atoms with Gasteiger partial charge in [-0.1, -0.05) is 12.1 Å². The minimum atomic E-state index is -0.281. The third-order valence-electron chi connectivity index (χ3n) is 3.05. The number of imidazole rings is 1. The molecule has 102 valence electrons. The molecule has 0 radical (unpaired) electrons. The van der Waals surface area contributed by atoms with Crippen molar-refractivity contribution in [1.82, 2.24) is 9.55 Å². The van der Waals surface area contributed by atoms with E-state index in [0.717, 1.165) is 5.69 Å². The van der Waals surface area contributed by atoms with Gasteiger partial charge in [0.2, 0.25) is 0 Å². The van der Waals surface area contributed by atoms with E-state index in [2.05, 4.69) is 24.1 Å². The Morgan fingerprint density at radius 1 is 1.37 bits per heavy atom. The monoisotopic (exact) mass is 262 g/mol. The summed E-state index contributed by atoms with van der Waals surface area (Å²) < 4.78 is 15.7. The molecule has 1 atom stereocenters. The fourth-order valence-electron chi connectivity index (χ4n) is 2.04. The second kappa shape index (κ2) is 5.84. The number of anilines is 1. The van der Waals surface area contributed by atoms with Crippen LogP contribution in [-0.2, 0) is 0 Å². The first kappa shape index (κ1) is 13.5. The van der Waals surface area contributed by atoms with Gasteiger partial charge in [0.25, 0.3) is 0 Å². The molecule has 1 heterocycles. The third kappa shape index (κ3) is 2.93. The minimum absolute atomic E-state index is 0.165. The van der Waals surface area contributed by atoms with Gasteiger partial charge >= 0.3 is 0 Å². The Balaban J connectivity index is 2.26. The Morgan fingerprint density at radius 3 is 2.74 bits per heavy atom. The Morgan fingerprint density at radius 2 is 2.11 bits per heavy atom. The molecule has 0 amide bonds. The van der Waals surface area contributed by atoms with Crippen LogP contribution in [0, 0.1) is 5.82 Å². The van der Waals surface area contributed by atoms with Crippen LogP contribution in [-0.4, -0.2) is 16.1 Å². The second-order valence-electron chi connectivity index (χ2n) is 4.73. The molecular formula is C14H19FN4. The highest BCUT2D eigenvalue weighted by Gasteiger charge is 2.17. The van der Waals surface area contributed by atoms with Gasteiger partial charge in [-0.3, -0.25) is 0 Å². The topological polar surface area (TPSA) is 55.9 Å². The molecule has 3 N–H and O–H groups in total. The van der Waals surface area contributed by atoms with Crippen molar-refractivity contribution in [3.05, 3.63) is 48.3 Å². The summed E-state index contributed by atoms with van der Waals surface area (Å²) in [6.45, 7) is 4.51. The van der Waals surface area contributed by atoms with Crippen molar-refractivity contribution in [2.75, 3.05) is 11.9 Å². The number of benzene rings is 1. The maximum absolute atomic E-state index is 13.7. The highest BCUT2D eigenvalue weighted by atomic mass is 19.1. The van der Waals surface area contributed by atoms with Crippen molar-refractivity contribution in [3.63, 3.8) is 0 Å². The summed E-state index contributed by atoms with van der Waals surface area (Å²) in [7, 11) is 0. The number of nitrogens with zero attached hydrogens (tertiary/aromatic N) is 2. The van der Waals surface area contributed by atoms with Gasteiger partial charge < -0.3 is 15.6 Å². The number of rotatable bonds is 5. The van der Waals surface area contributed by atoms with Crippen molar-refractivity contribution >= 4 is 5.69 Å². The van der Waals surface area contributed by atoms with Crippen molar-refractivity contribution in [3.8, 4) is 0 Å². The first-order chi connectivity index (χ1) is 9.13. The molecule has 5 heteroatoms. The maximum Gasteiger partial charge on any atom is 0.146 e. The predicted molar refractivity (Wildman–Crippen MR) is 74.4 cm³/mol. The molecule has 4 nitrogen and oxygen atoms in total. The summed E-state index contributed by atoms with van der Waals surface area (Å²) in [4.78, 5) is 4.15. The summed E-state index contributed by atoms with van der Waals surface area (Å²) in [6.07, 6.45) is 3.54. The van der Waals surface area contributed by atoms with E-state index in [-0.39, 0.29) is 17.9 Å². The predicted octanol–water partition coefficient (Wildman–Crippen LogP) is 2.72. The largest absolute Gasteiger partial charge is 0.373 e. The van der Waals surface area contributed by atoms with Crippen molar-refractivity contribution in [1.29, 1.82) is 0 Å². The number of para-hydroxylation sites is 1. The lowest BCUT2D eigenvalue weighted by atomic mass is 10.2. The van der Waals surface area contributed by atoms with Gasteiger partial charge in [0.15, 0.2) is 0 Å². The van der Waals surface area contributed by atoms with E-state index in [4.69, 9.17) is 5.73 Å². The summed E-state index contributed by atoms with van der Waals surface area (Å²) in [6, 6.07) is 6.70. The highest BCUT2D eigenvalue weighted by molar-refractivity contribution is 5.46. The number of nitrogens with two attached hydrogens (primary N) is 1. The summed E-state index contributed by atoms with van der Waals surface area (Å²) in [5.41, 5.74) is 7.22. The first-order valence-electron chi connectivity index (χ1n) is 6.36. The van der Waals surface area contributed by atoms with Gasteiger partial charge in [-0.2, -0.15) is 0 Å². The molecule has 0 fully saturated rings. The van der Waals surface area contributed by atoms with Crippen LogP contribution in [0.4, 0.5) is 10.1 Å². The lowest BCUT2D eigenvalue weighted by Crippen LogP contribution is -2.24. The number of hydrogen-bond donors (Lipinski definition) is 2. The molecule has 0 saturated carbocycles. The van der Waals surface area contributed by atoms with Crippen LogP contribution in [0.5, 0.6) is 0 Å². The molecular weight excluding hydrogens is 243 g/mol. The Bertz CT molecular complexity index is 536. The molecule has 0 aliphatic carbocycles. The summed E-state index contributed by atoms with van der Waals surface area (Å²) in [5, 5.41) is 3.13. The molecule has 1 unspecified atom stereocenters. The molecule has 0 aliphatic rings. The van der Waals surface area contributed by atoms with Crippen LogP contribution >= 0.6 is 0 Å². The van der Waals surface area contributed by atoms with Crippen LogP contribution in [0.2, 0.25) is 0 Å². The van der Waals surface area contributed by atoms with Crippen molar-refractivity contribution in [2.24, 2.45) is 5.73 Å². The van der Waals surface area contributed by atoms with Gasteiger partial charge in [0, 0.05) is 12.6 Å². The normalized spacial score (nSPS) is 12.7. The van der Waals surface area contributed by atoms with Crippen molar-refractivity contribution in [2.45, 2.75) is 25.9 Å². The Kier molecular flexibility index (Phi) is 4.16. The first-order valence-corrected chi connectivity index (χ1v) is 6.36. The number of halogens is 1. The lowest BCUT2D eigenvalue weighted by Gasteiger charge is -2.21. The van der Waals surface area contributed by atoms with E-state index in [1.54, 1.807) is 30.7 Å². The van der Waals surface area contributed by atoms with Gasteiger partial charge in [-0.25, -0.2) is 9.37 Å². The molecule has 0 bridgehead atoms. The van der Waals surface area contributed by atoms with Gasteiger partial charge in [0.1, 0.15) is 5.82 Å². The summed E-state index contributed by atoms with van der Waals surface area (Å²) in [5.74, 6) is -0.281. The summed E-state index contributed by atoms with van der Waals surface area (Å²) >= 11 is 0. The van der Waals surface area contributed by atoms with E-state index >= 15 is 0 Å². The zero-order chi connectivity index (χ0) is 13.8. The molecule has 1 aromatic carbocycles. The van der Waals surface area contributed by atoms with Crippen LogP contribution in [0.25, 0.3) is 0 Å². The number of hydrogen-bond acceptors (Lipinski definition) is 3. The third-order valence-corrected chi connectivity index (χ3v) is 3.05. The minimum Gasteiger partial charge on any atom is -0.373 e. The van der Waals surface area contributed by atoms with E-state index < -0.39 is 0 Å². The van der Waals surface area contributed by atoms with Crippen LogP contribution in [0.1, 0.15) is 31.6 Å². The average Bonchev–Trinajstić information content (AvgIpc) is 2.87. The molecule has 0 saturated heterocycles. The molecule has 19 heavy (non-hydrogen) atoms. The quantitative estimate of drug-likeness (QED) is 0.871. The van der Waals surface area contributed by atoms with Gasteiger partial charge in [0.05, 0.1) is 29.9 Å². The van der Waals surface area contributed by atoms with E-state index in [1.807, 2.05) is 4.57 Å². The standard InChI is InChI=1S/C14H19FN4/c1-10(2)19-9-17-8-14(19)13(7-16)18-12-6-4-3-5-11(12)15/h3-6,8-10,13,18H,7,16H2,1-2H3. The van der Waals surface area contributed by atoms with Gasteiger partial charge in [-0.15, -0.1) is 0 Å². The second-order valence-corrected chi connectivity index (χ2v) is 4.73. The van der Waals surface area contributed by atoms with Crippen LogP contribution in [0.15, 0.2) is 36.8 Å². The zero-order valence-electron chi connectivity index (χ0n) is 11.2. The molecule has 0 aliphatic heterocycles. The van der Waals surface area contributed by atoms with Gasteiger partial charge in [-0.05, 0) is 26.0 Å². The van der Waals surface area contributed by atoms with Crippen LogP contribution < -0.4 is 11.1 Å². The SMILES string of the molecule is CC(C)n1cncc1C(CN)Nc1ccccc1F.